The number of non-ortho nitro benzene ring substituents is 1. The van der Waals surface area contributed by atoms with Crippen molar-refractivity contribution >= 4 is 11.4 Å². The second kappa shape index (κ2) is 6.58. The summed E-state index contributed by atoms with van der Waals surface area (Å²) in [5, 5.41) is 36.8. The van der Waals surface area contributed by atoms with Gasteiger partial charge in [0.15, 0.2) is 6.23 Å². The van der Waals surface area contributed by atoms with Gasteiger partial charge in [0.2, 0.25) is 0 Å². The van der Waals surface area contributed by atoms with E-state index in [1.54, 1.807) is 6.92 Å². The molecule has 1 saturated heterocycles. The zero-order valence-electron chi connectivity index (χ0n) is 11.6. The molecule has 10 heteroatoms. The summed E-state index contributed by atoms with van der Waals surface area (Å²) in [6, 6.07) is 4.64. The molecule has 0 saturated carbocycles. The van der Waals surface area contributed by atoms with E-state index >= 15 is 0 Å². The first-order chi connectivity index (χ1) is 10.4. The number of nitro benzene ring substituents is 1. The Hall–Kier alpha value is -2.39. The fourth-order valence-electron chi connectivity index (χ4n) is 2.24. The minimum atomic E-state index is -1.32. The molecule has 0 aliphatic carbocycles. The van der Waals surface area contributed by atoms with E-state index < -0.39 is 35.5 Å². The summed E-state index contributed by atoms with van der Waals surface area (Å²) in [7, 11) is 0. The third-order valence-electron chi connectivity index (χ3n) is 3.42. The Morgan fingerprint density at radius 2 is 2.00 bits per heavy atom. The van der Waals surface area contributed by atoms with Gasteiger partial charge in [-0.3, -0.25) is 10.1 Å². The van der Waals surface area contributed by atoms with Gasteiger partial charge in [0.05, 0.1) is 23.2 Å². The van der Waals surface area contributed by atoms with Gasteiger partial charge < -0.3 is 20.3 Å². The zero-order chi connectivity index (χ0) is 16.3. The van der Waals surface area contributed by atoms with Crippen molar-refractivity contribution in [2.75, 3.05) is 5.32 Å². The number of benzene rings is 1. The average molecular weight is 309 g/mol. The molecule has 1 fully saturated rings. The predicted molar refractivity (Wildman–Crippen MR) is 76.0 cm³/mol. The Bertz CT molecular complexity index is 588. The summed E-state index contributed by atoms with van der Waals surface area (Å²) in [6.07, 6.45) is -4.14. The van der Waals surface area contributed by atoms with E-state index in [9.17, 15) is 20.3 Å². The maximum Gasteiger partial charge on any atom is 0.269 e. The number of hydrogen-bond donors (Lipinski definition) is 3. The predicted octanol–water partition coefficient (Wildman–Crippen LogP) is 1.15. The fourth-order valence-corrected chi connectivity index (χ4v) is 2.24. The molecule has 1 heterocycles. The van der Waals surface area contributed by atoms with Crippen LogP contribution in [-0.2, 0) is 4.74 Å². The molecule has 0 radical (unpaired) electrons. The highest BCUT2D eigenvalue weighted by Gasteiger charge is 2.42. The van der Waals surface area contributed by atoms with Crippen molar-refractivity contribution in [2.24, 2.45) is 5.11 Å². The van der Waals surface area contributed by atoms with Crippen LogP contribution < -0.4 is 5.32 Å². The van der Waals surface area contributed by atoms with E-state index in [0.29, 0.717) is 5.69 Å². The number of nitrogens with one attached hydrogen (secondary N) is 1. The minimum Gasteiger partial charge on any atom is -0.390 e. The molecule has 0 spiro atoms. The SMILES string of the molecule is C[C@@H]1O[C@H](Nc2ccc([N+](=O)[O-])cc2)[C@H](O)[C@H](O)[C@H]1N=[N+]=[N-]. The number of ether oxygens (including phenoxy) is 1. The van der Waals surface area contributed by atoms with Crippen molar-refractivity contribution in [1.82, 2.24) is 0 Å². The van der Waals surface area contributed by atoms with Gasteiger partial charge in [-0.15, -0.1) is 0 Å². The van der Waals surface area contributed by atoms with E-state index in [2.05, 4.69) is 15.3 Å². The first kappa shape index (κ1) is 16.0. The Morgan fingerprint density at radius 3 is 2.55 bits per heavy atom. The molecule has 1 aliphatic heterocycles. The minimum absolute atomic E-state index is 0.0625. The maximum atomic E-state index is 10.6. The standard InChI is InChI=1S/C12H15N5O5/c1-6-9(15-16-13)10(18)11(19)12(22-6)14-7-2-4-8(5-3-7)17(20)21/h2-6,9-12,14,18-19H,1H3/t6-,9-,10+,11+,12-/m0/s1. The van der Waals surface area contributed by atoms with E-state index in [1.165, 1.54) is 24.3 Å². The van der Waals surface area contributed by atoms with Crippen LogP contribution in [0.3, 0.4) is 0 Å². The van der Waals surface area contributed by atoms with Crippen molar-refractivity contribution in [3.05, 3.63) is 44.8 Å². The number of nitrogens with zero attached hydrogens (tertiary/aromatic N) is 4. The molecule has 10 nitrogen and oxygen atoms in total. The summed E-state index contributed by atoms with van der Waals surface area (Å²) in [5.41, 5.74) is 8.87. The van der Waals surface area contributed by atoms with E-state index in [1.807, 2.05) is 0 Å². The third kappa shape index (κ3) is 3.26. The molecular formula is C12H15N5O5. The highest BCUT2D eigenvalue weighted by Crippen LogP contribution is 2.25. The molecule has 0 amide bonds. The molecule has 0 unspecified atom stereocenters. The van der Waals surface area contributed by atoms with Crippen LogP contribution in [0.25, 0.3) is 10.4 Å². The Morgan fingerprint density at radius 1 is 1.36 bits per heavy atom. The summed E-state index contributed by atoms with van der Waals surface area (Å²) in [4.78, 5) is 12.7. The molecule has 5 atom stereocenters. The molecule has 0 bridgehead atoms. The van der Waals surface area contributed by atoms with Gasteiger partial charge in [0, 0.05) is 22.7 Å². The molecule has 3 N–H and O–H groups in total. The summed E-state index contributed by atoms with van der Waals surface area (Å²) >= 11 is 0. The van der Waals surface area contributed by atoms with Crippen LogP contribution in [0.4, 0.5) is 11.4 Å². The summed E-state index contributed by atoms with van der Waals surface area (Å²) in [5.74, 6) is 0. The van der Waals surface area contributed by atoms with Gasteiger partial charge in [0.1, 0.15) is 6.10 Å². The summed E-state index contributed by atoms with van der Waals surface area (Å²) in [6.45, 7) is 1.61. The Balaban J connectivity index is 2.09. The van der Waals surface area contributed by atoms with Crippen molar-refractivity contribution < 1.29 is 19.9 Å². The molecule has 2 rings (SSSR count). The maximum absolute atomic E-state index is 10.6. The van der Waals surface area contributed by atoms with Gasteiger partial charge in [-0.05, 0) is 24.6 Å². The first-order valence-electron chi connectivity index (χ1n) is 6.51. The van der Waals surface area contributed by atoms with Crippen LogP contribution in [0.2, 0.25) is 0 Å². The number of anilines is 1. The number of aliphatic hydroxyl groups excluding tert-OH is 2. The molecule has 0 aromatic heterocycles. The lowest BCUT2D eigenvalue weighted by Gasteiger charge is -2.40. The zero-order valence-corrected chi connectivity index (χ0v) is 11.6. The van der Waals surface area contributed by atoms with Gasteiger partial charge >= 0.3 is 0 Å². The molecular weight excluding hydrogens is 294 g/mol. The quantitative estimate of drug-likeness (QED) is 0.249. The number of nitro groups is 1. The summed E-state index contributed by atoms with van der Waals surface area (Å²) < 4.78 is 5.50. The molecule has 1 aliphatic rings. The molecule has 1 aromatic carbocycles. The van der Waals surface area contributed by atoms with Gasteiger partial charge in [0.25, 0.3) is 5.69 Å². The van der Waals surface area contributed by atoms with E-state index in [4.69, 9.17) is 10.3 Å². The van der Waals surface area contributed by atoms with Crippen LogP contribution in [0.5, 0.6) is 0 Å². The van der Waals surface area contributed by atoms with Crippen molar-refractivity contribution in [3.63, 3.8) is 0 Å². The molecule has 1 aromatic rings. The smallest absolute Gasteiger partial charge is 0.269 e. The first-order valence-corrected chi connectivity index (χ1v) is 6.51. The van der Waals surface area contributed by atoms with Crippen LogP contribution in [0.1, 0.15) is 6.92 Å². The number of azide groups is 1. The van der Waals surface area contributed by atoms with E-state index in [-0.39, 0.29) is 5.69 Å². The Labute approximate surface area is 125 Å². The average Bonchev–Trinajstić information content (AvgIpc) is 2.49. The van der Waals surface area contributed by atoms with Crippen LogP contribution in [-0.4, -0.2) is 45.7 Å². The second-order valence-electron chi connectivity index (χ2n) is 4.89. The Kier molecular flexibility index (Phi) is 4.78. The van der Waals surface area contributed by atoms with E-state index in [0.717, 1.165) is 0 Å². The van der Waals surface area contributed by atoms with Crippen LogP contribution >= 0.6 is 0 Å². The van der Waals surface area contributed by atoms with Crippen molar-refractivity contribution in [3.8, 4) is 0 Å². The number of aliphatic hydroxyl groups is 2. The van der Waals surface area contributed by atoms with Crippen LogP contribution in [0, 0.1) is 10.1 Å². The number of hydrogen-bond acceptors (Lipinski definition) is 7. The van der Waals surface area contributed by atoms with Gasteiger partial charge in [-0.25, -0.2) is 0 Å². The fraction of sp³-hybridized carbons (Fsp3) is 0.500. The lowest BCUT2D eigenvalue weighted by atomic mass is 9.97. The highest BCUT2D eigenvalue weighted by molar-refractivity contribution is 5.49. The van der Waals surface area contributed by atoms with Gasteiger partial charge in [-0.1, -0.05) is 5.11 Å². The second-order valence-corrected chi connectivity index (χ2v) is 4.89. The lowest BCUT2D eigenvalue weighted by Crippen LogP contribution is -2.58. The normalized spacial score (nSPS) is 31.1. The monoisotopic (exact) mass is 309 g/mol. The van der Waals surface area contributed by atoms with Crippen molar-refractivity contribution in [2.45, 2.75) is 37.5 Å². The van der Waals surface area contributed by atoms with Crippen LogP contribution in [0.15, 0.2) is 29.4 Å². The molecule has 22 heavy (non-hydrogen) atoms. The largest absolute Gasteiger partial charge is 0.390 e. The number of rotatable bonds is 4. The third-order valence-corrected chi connectivity index (χ3v) is 3.42. The lowest BCUT2D eigenvalue weighted by molar-refractivity contribution is -0.384. The van der Waals surface area contributed by atoms with Crippen molar-refractivity contribution in [1.29, 1.82) is 0 Å². The topological polar surface area (TPSA) is 154 Å². The highest BCUT2D eigenvalue weighted by atomic mass is 16.6. The molecule has 118 valence electrons. The van der Waals surface area contributed by atoms with Gasteiger partial charge in [-0.2, -0.15) is 0 Å².